The van der Waals surface area contributed by atoms with Crippen LogP contribution in [0, 0.1) is 0 Å². The van der Waals surface area contributed by atoms with E-state index in [1.165, 1.54) is 6.92 Å². The molecule has 1 aliphatic heterocycles. The minimum absolute atomic E-state index is 0.0440. The Balaban J connectivity index is 1.24. The van der Waals surface area contributed by atoms with Crippen molar-refractivity contribution in [2.75, 3.05) is 16.8 Å². The molecular formula is C26H22N4O4. The summed E-state index contributed by atoms with van der Waals surface area (Å²) in [4.78, 5) is 29.9. The van der Waals surface area contributed by atoms with Gasteiger partial charge in [-0.05, 0) is 60.7 Å². The first-order valence-corrected chi connectivity index (χ1v) is 10.9. The Labute approximate surface area is 196 Å². The predicted octanol–water partition coefficient (Wildman–Crippen LogP) is 5.01. The number of benzene rings is 3. The van der Waals surface area contributed by atoms with Gasteiger partial charge in [-0.25, -0.2) is 0 Å². The number of hydrogen-bond donors (Lipinski definition) is 1. The number of aromatic nitrogens is 2. The number of ether oxygens (including phenoxy) is 1. The molecule has 3 aromatic carbocycles. The van der Waals surface area contributed by atoms with Gasteiger partial charge in [0.2, 0.25) is 23.5 Å². The van der Waals surface area contributed by atoms with E-state index in [0.29, 0.717) is 41.9 Å². The third-order valence-corrected chi connectivity index (χ3v) is 5.51. The van der Waals surface area contributed by atoms with Gasteiger partial charge < -0.3 is 19.5 Å². The molecule has 1 saturated heterocycles. The fourth-order valence-corrected chi connectivity index (χ4v) is 3.87. The van der Waals surface area contributed by atoms with Crippen LogP contribution in [-0.4, -0.2) is 28.5 Å². The summed E-state index contributed by atoms with van der Waals surface area (Å²) < 4.78 is 11.4. The van der Waals surface area contributed by atoms with E-state index in [1.807, 2.05) is 54.6 Å². The van der Waals surface area contributed by atoms with E-state index < -0.39 is 0 Å². The van der Waals surface area contributed by atoms with E-state index in [4.69, 9.17) is 9.26 Å². The molecule has 0 saturated carbocycles. The van der Waals surface area contributed by atoms with Gasteiger partial charge in [0.25, 0.3) is 0 Å². The second-order valence-corrected chi connectivity index (χ2v) is 8.03. The maximum Gasteiger partial charge on any atom is 0.232 e. The summed E-state index contributed by atoms with van der Waals surface area (Å²) >= 11 is 0. The lowest BCUT2D eigenvalue weighted by molar-refractivity contribution is -0.117. The second kappa shape index (κ2) is 9.19. The summed E-state index contributed by atoms with van der Waals surface area (Å²) in [5.74, 6) is 2.01. The van der Waals surface area contributed by atoms with Gasteiger partial charge in [0.1, 0.15) is 11.5 Å². The molecule has 8 heteroatoms. The maximum absolute atomic E-state index is 12.5. The van der Waals surface area contributed by atoms with Crippen LogP contribution in [-0.2, 0) is 9.59 Å². The van der Waals surface area contributed by atoms with Crippen molar-refractivity contribution in [3.63, 3.8) is 0 Å². The molecule has 0 spiro atoms. The van der Waals surface area contributed by atoms with Gasteiger partial charge >= 0.3 is 0 Å². The lowest BCUT2D eigenvalue weighted by Crippen LogP contribution is -2.24. The Bertz CT molecular complexity index is 1300. The smallest absolute Gasteiger partial charge is 0.232 e. The van der Waals surface area contributed by atoms with Crippen LogP contribution in [0.2, 0.25) is 0 Å². The number of carbonyl (C=O) groups excluding carboxylic acids is 2. The molecule has 170 valence electrons. The number of nitrogens with zero attached hydrogens (tertiary/aromatic N) is 3. The molecule has 1 fully saturated rings. The molecule has 0 radical (unpaired) electrons. The van der Waals surface area contributed by atoms with E-state index in [1.54, 1.807) is 29.2 Å². The molecule has 1 aromatic heterocycles. The van der Waals surface area contributed by atoms with Gasteiger partial charge in [-0.2, -0.15) is 4.98 Å². The van der Waals surface area contributed by atoms with E-state index in [-0.39, 0.29) is 17.7 Å². The first kappa shape index (κ1) is 21.4. The number of amides is 2. The summed E-state index contributed by atoms with van der Waals surface area (Å²) in [5.41, 5.74) is 2.36. The number of carbonyl (C=O) groups is 2. The fourth-order valence-electron chi connectivity index (χ4n) is 3.87. The molecule has 4 aromatic rings. The molecule has 0 unspecified atom stereocenters. The number of anilines is 2. The molecule has 8 nitrogen and oxygen atoms in total. The number of nitrogens with one attached hydrogen (secondary N) is 1. The third kappa shape index (κ3) is 4.66. The highest BCUT2D eigenvalue weighted by Crippen LogP contribution is 2.32. The second-order valence-electron chi connectivity index (χ2n) is 8.03. The monoisotopic (exact) mass is 454 g/mol. The average molecular weight is 454 g/mol. The van der Waals surface area contributed by atoms with Crippen molar-refractivity contribution < 1.29 is 18.8 Å². The third-order valence-electron chi connectivity index (χ3n) is 5.51. The van der Waals surface area contributed by atoms with Gasteiger partial charge in [-0.3, -0.25) is 9.59 Å². The Morgan fingerprint density at radius 3 is 2.35 bits per heavy atom. The topological polar surface area (TPSA) is 97.6 Å². The minimum atomic E-state index is -0.142. The number of hydrogen-bond acceptors (Lipinski definition) is 6. The summed E-state index contributed by atoms with van der Waals surface area (Å²) in [6, 6.07) is 24.1. The zero-order valence-corrected chi connectivity index (χ0v) is 18.5. The van der Waals surface area contributed by atoms with E-state index in [0.717, 1.165) is 11.3 Å². The van der Waals surface area contributed by atoms with Crippen molar-refractivity contribution in [2.45, 2.75) is 19.3 Å². The van der Waals surface area contributed by atoms with E-state index in [2.05, 4.69) is 15.5 Å². The Morgan fingerprint density at radius 1 is 1.00 bits per heavy atom. The van der Waals surface area contributed by atoms with Crippen LogP contribution in [0.15, 0.2) is 83.4 Å². The van der Waals surface area contributed by atoms with Gasteiger partial charge in [0.15, 0.2) is 0 Å². The van der Waals surface area contributed by atoms with Crippen LogP contribution in [0.5, 0.6) is 11.5 Å². The van der Waals surface area contributed by atoms with Gasteiger partial charge in [0.05, 0.1) is 5.92 Å². The molecule has 5 rings (SSSR count). The lowest BCUT2D eigenvalue weighted by Gasteiger charge is -2.15. The zero-order valence-electron chi connectivity index (χ0n) is 18.5. The van der Waals surface area contributed by atoms with Gasteiger partial charge in [-0.15, -0.1) is 0 Å². The molecule has 2 amide bonds. The van der Waals surface area contributed by atoms with Crippen LogP contribution in [0.1, 0.15) is 25.2 Å². The van der Waals surface area contributed by atoms with E-state index >= 15 is 0 Å². The highest BCUT2D eigenvalue weighted by Gasteiger charge is 2.35. The van der Waals surface area contributed by atoms with E-state index in [9.17, 15) is 9.59 Å². The molecule has 0 aliphatic carbocycles. The standard InChI is InChI=1S/C26H22N4O4/c1-17(31)27-20-9-13-23(14-10-20)33-22-11-7-18(8-12-22)25-28-26(34-29-25)19-15-24(32)30(16-19)21-5-3-2-4-6-21/h2-14,19H,15-16H2,1H3,(H,27,31)/t19-/m0/s1. The number of rotatable bonds is 6. The molecule has 1 N–H and O–H groups in total. The van der Waals surface area contributed by atoms with Crippen LogP contribution in [0.3, 0.4) is 0 Å². The lowest BCUT2D eigenvalue weighted by atomic mass is 10.1. The minimum Gasteiger partial charge on any atom is -0.457 e. The summed E-state index contributed by atoms with van der Waals surface area (Å²) in [6.07, 6.45) is 0.337. The van der Waals surface area contributed by atoms with Crippen molar-refractivity contribution in [3.8, 4) is 22.9 Å². The van der Waals surface area contributed by atoms with Gasteiger partial charge in [-0.1, -0.05) is 23.4 Å². The first-order chi connectivity index (χ1) is 16.5. The highest BCUT2D eigenvalue weighted by atomic mass is 16.5. The Hall–Kier alpha value is -4.46. The van der Waals surface area contributed by atoms with Crippen LogP contribution in [0.4, 0.5) is 11.4 Å². The fraction of sp³-hybridized carbons (Fsp3) is 0.154. The van der Waals surface area contributed by atoms with Crippen LogP contribution in [0.25, 0.3) is 11.4 Å². The summed E-state index contributed by atoms with van der Waals surface area (Å²) in [5, 5.41) is 6.83. The highest BCUT2D eigenvalue weighted by molar-refractivity contribution is 5.96. The Morgan fingerprint density at radius 2 is 1.68 bits per heavy atom. The van der Waals surface area contributed by atoms with Gasteiger partial charge in [0, 0.05) is 36.8 Å². The summed E-state index contributed by atoms with van der Waals surface area (Å²) in [7, 11) is 0. The van der Waals surface area contributed by atoms with Crippen LogP contribution < -0.4 is 15.0 Å². The normalized spacial score (nSPS) is 15.4. The van der Waals surface area contributed by atoms with Crippen molar-refractivity contribution in [3.05, 3.63) is 84.8 Å². The molecule has 1 atom stereocenters. The molecule has 0 bridgehead atoms. The average Bonchev–Trinajstić information content (AvgIpc) is 3.48. The number of para-hydroxylation sites is 1. The quantitative estimate of drug-likeness (QED) is 0.440. The summed E-state index contributed by atoms with van der Waals surface area (Å²) in [6.45, 7) is 1.98. The largest absolute Gasteiger partial charge is 0.457 e. The van der Waals surface area contributed by atoms with Crippen molar-refractivity contribution >= 4 is 23.2 Å². The van der Waals surface area contributed by atoms with Crippen molar-refractivity contribution in [1.82, 2.24) is 10.1 Å². The Kier molecular flexibility index (Phi) is 5.78. The SMILES string of the molecule is CC(=O)Nc1ccc(Oc2ccc(-c3noc([C@H]4CC(=O)N(c5ccccc5)C4)n3)cc2)cc1. The van der Waals surface area contributed by atoms with Crippen molar-refractivity contribution in [1.29, 1.82) is 0 Å². The molecule has 34 heavy (non-hydrogen) atoms. The van der Waals surface area contributed by atoms with Crippen LogP contribution >= 0.6 is 0 Å². The predicted molar refractivity (Wildman–Crippen MR) is 127 cm³/mol. The first-order valence-electron chi connectivity index (χ1n) is 10.9. The molecular weight excluding hydrogens is 432 g/mol. The molecule has 1 aliphatic rings. The van der Waals surface area contributed by atoms with Crippen molar-refractivity contribution in [2.24, 2.45) is 0 Å². The zero-order chi connectivity index (χ0) is 23.5. The maximum atomic E-state index is 12.5. The molecule has 2 heterocycles.